The van der Waals surface area contributed by atoms with E-state index in [0.29, 0.717) is 11.8 Å². The Labute approximate surface area is 176 Å². The molecule has 0 spiro atoms. The number of carbonyl (C=O) groups excluding carboxylic acids is 1. The van der Waals surface area contributed by atoms with Gasteiger partial charge in [0, 0.05) is 10.9 Å². The van der Waals surface area contributed by atoms with Gasteiger partial charge < -0.3 is 15.2 Å². The number of hydrogen-bond donors (Lipinski definition) is 2. The maximum Gasteiger partial charge on any atom is 0.416 e. The van der Waals surface area contributed by atoms with Gasteiger partial charge >= 0.3 is 6.18 Å². The van der Waals surface area contributed by atoms with Gasteiger partial charge in [0.05, 0.1) is 11.0 Å². The van der Waals surface area contributed by atoms with Crippen LogP contribution < -0.4 is 10.1 Å². The number of amides is 1. The van der Waals surface area contributed by atoms with Crippen LogP contribution >= 0.6 is 15.9 Å². The predicted molar refractivity (Wildman–Crippen MR) is 105 cm³/mol. The van der Waals surface area contributed by atoms with Crippen LogP contribution in [0.3, 0.4) is 0 Å². The molecule has 1 aromatic rings. The summed E-state index contributed by atoms with van der Waals surface area (Å²) in [5, 5.41) is 13.0. The highest BCUT2D eigenvalue weighted by atomic mass is 79.9. The molecular weight excluding hydrogens is 451 g/mol. The van der Waals surface area contributed by atoms with Crippen molar-refractivity contribution in [1.82, 2.24) is 5.32 Å². The lowest BCUT2D eigenvalue weighted by molar-refractivity contribution is -0.144. The first-order chi connectivity index (χ1) is 13.6. The molecule has 0 heterocycles. The van der Waals surface area contributed by atoms with E-state index in [9.17, 15) is 23.1 Å². The molecule has 3 unspecified atom stereocenters. The van der Waals surface area contributed by atoms with Crippen LogP contribution in [0.1, 0.15) is 44.1 Å². The fourth-order valence-corrected chi connectivity index (χ4v) is 7.26. The molecule has 3 atom stereocenters. The van der Waals surface area contributed by atoms with E-state index < -0.39 is 17.8 Å². The first-order valence-electron chi connectivity index (χ1n) is 10.0. The molecule has 0 aliphatic heterocycles. The van der Waals surface area contributed by atoms with E-state index in [4.69, 9.17) is 4.74 Å². The van der Waals surface area contributed by atoms with Gasteiger partial charge in [0.1, 0.15) is 18.5 Å². The summed E-state index contributed by atoms with van der Waals surface area (Å²) in [7, 11) is 0. The molecule has 4 bridgehead atoms. The molecule has 0 aromatic heterocycles. The van der Waals surface area contributed by atoms with E-state index in [1.807, 2.05) is 0 Å². The number of rotatable bonds is 6. The Morgan fingerprint density at radius 2 is 1.83 bits per heavy atom. The largest absolute Gasteiger partial charge is 0.491 e. The Kier molecular flexibility index (Phi) is 5.39. The Morgan fingerprint density at radius 1 is 1.21 bits per heavy atom. The molecule has 2 N–H and O–H groups in total. The normalized spacial score (nSPS) is 34.1. The van der Waals surface area contributed by atoms with Gasteiger partial charge in [-0.3, -0.25) is 4.79 Å². The summed E-state index contributed by atoms with van der Waals surface area (Å²) in [6.07, 6.45) is 0.843. The molecule has 1 aromatic carbocycles. The van der Waals surface area contributed by atoms with Gasteiger partial charge in [-0.15, -0.1) is 0 Å². The molecule has 0 radical (unpaired) electrons. The summed E-state index contributed by atoms with van der Waals surface area (Å²) < 4.78 is 43.2. The molecule has 4 saturated carbocycles. The zero-order valence-electron chi connectivity index (χ0n) is 16.0. The second-order valence-electron chi connectivity index (χ2n) is 9.09. The standard InChI is InChI=1S/C21H25BrF3NO3/c22-20-8-13-5-14(9-20)7-19(6-13,12-20)18(28)26-10-16(27)11-29-17-3-1-15(2-4-17)21(23,24)25/h1-4,13-14,16,27H,5-12H2,(H,26,28). The molecule has 160 valence electrons. The van der Waals surface area contributed by atoms with E-state index >= 15 is 0 Å². The van der Waals surface area contributed by atoms with Crippen LogP contribution in [0.4, 0.5) is 13.2 Å². The Hall–Kier alpha value is -1.28. The third kappa shape index (κ3) is 4.43. The van der Waals surface area contributed by atoms with Crippen LogP contribution in [0.15, 0.2) is 24.3 Å². The van der Waals surface area contributed by atoms with Gasteiger partial charge in [-0.2, -0.15) is 13.2 Å². The first-order valence-corrected chi connectivity index (χ1v) is 10.8. The predicted octanol–water partition coefficient (Wildman–Crippen LogP) is 4.30. The molecule has 4 aliphatic rings. The van der Waals surface area contributed by atoms with Crippen molar-refractivity contribution < 1.29 is 27.8 Å². The van der Waals surface area contributed by atoms with Crippen LogP contribution in [0, 0.1) is 17.3 Å². The fourth-order valence-electron chi connectivity index (χ4n) is 5.81. The second kappa shape index (κ2) is 7.45. The Morgan fingerprint density at radius 3 is 2.38 bits per heavy atom. The van der Waals surface area contributed by atoms with E-state index in [2.05, 4.69) is 21.2 Å². The van der Waals surface area contributed by atoms with E-state index in [1.165, 1.54) is 18.6 Å². The van der Waals surface area contributed by atoms with Crippen LogP contribution in [-0.4, -0.2) is 34.6 Å². The van der Waals surface area contributed by atoms with Crippen molar-refractivity contribution in [2.45, 2.75) is 55.1 Å². The van der Waals surface area contributed by atoms with Crippen LogP contribution in [-0.2, 0) is 11.0 Å². The number of hydrogen-bond acceptors (Lipinski definition) is 3. The average Bonchev–Trinajstić information content (AvgIpc) is 2.62. The molecule has 4 aliphatic carbocycles. The smallest absolute Gasteiger partial charge is 0.416 e. The maximum atomic E-state index is 13.0. The third-order valence-corrected chi connectivity index (χ3v) is 7.52. The molecule has 4 nitrogen and oxygen atoms in total. The number of aliphatic hydroxyl groups excluding tert-OH is 1. The molecular formula is C21H25BrF3NO3. The van der Waals surface area contributed by atoms with Gasteiger partial charge in [0.25, 0.3) is 0 Å². The minimum Gasteiger partial charge on any atom is -0.491 e. The maximum absolute atomic E-state index is 13.0. The van der Waals surface area contributed by atoms with Crippen molar-refractivity contribution >= 4 is 21.8 Å². The van der Waals surface area contributed by atoms with Crippen LogP contribution in [0.25, 0.3) is 0 Å². The van der Waals surface area contributed by atoms with Crippen molar-refractivity contribution in [3.63, 3.8) is 0 Å². The van der Waals surface area contributed by atoms with Gasteiger partial charge in [-0.05, 0) is 74.6 Å². The number of carbonyl (C=O) groups is 1. The summed E-state index contributed by atoms with van der Waals surface area (Å²) in [5.74, 6) is 1.43. The lowest BCUT2D eigenvalue weighted by Gasteiger charge is -2.59. The van der Waals surface area contributed by atoms with Gasteiger partial charge in [0.15, 0.2) is 0 Å². The van der Waals surface area contributed by atoms with E-state index in [1.54, 1.807) is 0 Å². The molecule has 1 amide bonds. The van der Waals surface area contributed by atoms with Crippen molar-refractivity contribution in [2.24, 2.45) is 17.3 Å². The number of alkyl halides is 4. The third-order valence-electron chi connectivity index (χ3n) is 6.59. The monoisotopic (exact) mass is 475 g/mol. The number of benzene rings is 1. The molecule has 29 heavy (non-hydrogen) atoms. The highest BCUT2D eigenvalue weighted by Crippen LogP contribution is 2.64. The highest BCUT2D eigenvalue weighted by molar-refractivity contribution is 9.10. The lowest BCUT2D eigenvalue weighted by atomic mass is 9.49. The number of ether oxygens (including phenoxy) is 1. The summed E-state index contributed by atoms with van der Waals surface area (Å²) in [5.41, 5.74) is -1.10. The molecule has 5 rings (SSSR count). The minimum absolute atomic E-state index is 0.00371. The van der Waals surface area contributed by atoms with Crippen LogP contribution in [0.5, 0.6) is 5.75 Å². The zero-order chi connectivity index (χ0) is 20.9. The van der Waals surface area contributed by atoms with Gasteiger partial charge in [-0.1, -0.05) is 15.9 Å². The zero-order valence-corrected chi connectivity index (χ0v) is 17.6. The first kappa shape index (κ1) is 21.0. The lowest BCUT2D eigenvalue weighted by Crippen LogP contribution is -2.58. The van der Waals surface area contributed by atoms with Gasteiger partial charge in [0.2, 0.25) is 5.91 Å². The van der Waals surface area contributed by atoms with Crippen molar-refractivity contribution in [2.75, 3.05) is 13.2 Å². The second-order valence-corrected chi connectivity index (χ2v) is 10.8. The summed E-state index contributed by atoms with van der Waals surface area (Å²) in [4.78, 5) is 13.0. The number of halogens is 4. The number of aliphatic hydroxyl groups is 1. The number of nitrogens with one attached hydrogen (secondary N) is 1. The highest BCUT2D eigenvalue weighted by Gasteiger charge is 2.59. The van der Waals surface area contributed by atoms with Crippen molar-refractivity contribution in [1.29, 1.82) is 0 Å². The quantitative estimate of drug-likeness (QED) is 0.603. The Bertz CT molecular complexity index is 753. The van der Waals surface area contributed by atoms with E-state index in [-0.39, 0.29) is 34.5 Å². The van der Waals surface area contributed by atoms with Crippen molar-refractivity contribution in [3.05, 3.63) is 29.8 Å². The average molecular weight is 476 g/mol. The molecule has 8 heteroatoms. The van der Waals surface area contributed by atoms with E-state index in [0.717, 1.165) is 44.2 Å². The summed E-state index contributed by atoms with van der Waals surface area (Å²) >= 11 is 3.89. The van der Waals surface area contributed by atoms with Crippen molar-refractivity contribution in [3.8, 4) is 5.75 Å². The Balaban J connectivity index is 1.27. The molecule has 4 fully saturated rings. The molecule has 0 saturated heterocycles. The summed E-state index contributed by atoms with van der Waals surface area (Å²) in [6, 6.07) is 4.32. The SMILES string of the molecule is O=C(NCC(O)COc1ccc(C(F)(F)F)cc1)C12CC3CC(CC(Br)(C3)C1)C2. The van der Waals surface area contributed by atoms with Gasteiger partial charge in [-0.25, -0.2) is 0 Å². The summed E-state index contributed by atoms with van der Waals surface area (Å²) in [6.45, 7) is -0.0435. The topological polar surface area (TPSA) is 58.6 Å². The van der Waals surface area contributed by atoms with Crippen LogP contribution in [0.2, 0.25) is 0 Å². The minimum atomic E-state index is -4.40. The fraction of sp³-hybridized carbons (Fsp3) is 0.667.